The highest BCUT2D eigenvalue weighted by Crippen LogP contribution is 2.36. The molecule has 0 spiro atoms. The summed E-state index contributed by atoms with van der Waals surface area (Å²) in [5.74, 6) is -1.19. The molecule has 0 bridgehead atoms. The van der Waals surface area contributed by atoms with Crippen LogP contribution in [0, 0.1) is 16.0 Å². The number of hydrogen-bond donors (Lipinski definition) is 0. The van der Waals surface area contributed by atoms with Crippen molar-refractivity contribution in [2.45, 2.75) is 24.9 Å². The van der Waals surface area contributed by atoms with Crippen molar-refractivity contribution in [2.24, 2.45) is 5.92 Å². The van der Waals surface area contributed by atoms with Crippen molar-refractivity contribution in [1.29, 1.82) is 0 Å². The highest BCUT2D eigenvalue weighted by Gasteiger charge is 2.41. The summed E-state index contributed by atoms with van der Waals surface area (Å²) in [6.45, 7) is 0.539. The molecule has 4 nitrogen and oxygen atoms in total. The SMILES string of the molecule is O=[N+]([O-])c1ccc(N2CCC(C(F)(F)F)CC2)c(CCl)c1. The summed E-state index contributed by atoms with van der Waals surface area (Å²) in [5, 5.41) is 10.7. The van der Waals surface area contributed by atoms with Crippen molar-refractivity contribution in [3.8, 4) is 0 Å². The molecule has 8 heteroatoms. The molecule has 1 fully saturated rings. The number of halogens is 4. The van der Waals surface area contributed by atoms with Gasteiger partial charge in [0.15, 0.2) is 0 Å². The summed E-state index contributed by atoms with van der Waals surface area (Å²) < 4.78 is 37.9. The largest absolute Gasteiger partial charge is 0.391 e. The number of alkyl halides is 4. The maximum atomic E-state index is 12.6. The van der Waals surface area contributed by atoms with Crippen LogP contribution in [0.15, 0.2) is 18.2 Å². The smallest absolute Gasteiger partial charge is 0.371 e. The third kappa shape index (κ3) is 3.58. The Morgan fingerprint density at radius 2 is 1.95 bits per heavy atom. The van der Waals surface area contributed by atoms with Crippen LogP contribution in [-0.2, 0) is 5.88 Å². The topological polar surface area (TPSA) is 46.4 Å². The predicted molar refractivity (Wildman–Crippen MR) is 73.6 cm³/mol. The summed E-state index contributed by atoms with van der Waals surface area (Å²) in [4.78, 5) is 12.0. The van der Waals surface area contributed by atoms with E-state index in [0.29, 0.717) is 11.3 Å². The van der Waals surface area contributed by atoms with Gasteiger partial charge in [-0.3, -0.25) is 10.1 Å². The fourth-order valence-corrected chi connectivity index (χ4v) is 2.76. The second kappa shape index (κ2) is 6.09. The first-order chi connectivity index (χ1) is 9.82. The number of benzene rings is 1. The molecule has 1 saturated heterocycles. The zero-order valence-corrected chi connectivity index (χ0v) is 11.8. The Labute approximate surface area is 124 Å². The Balaban J connectivity index is 2.15. The first kappa shape index (κ1) is 15.9. The second-order valence-electron chi connectivity index (χ2n) is 5.01. The Morgan fingerprint density at radius 3 is 2.43 bits per heavy atom. The van der Waals surface area contributed by atoms with Crippen LogP contribution in [0.3, 0.4) is 0 Å². The van der Waals surface area contributed by atoms with Crippen LogP contribution in [0.4, 0.5) is 24.5 Å². The molecule has 2 rings (SSSR count). The monoisotopic (exact) mass is 322 g/mol. The van der Waals surface area contributed by atoms with E-state index in [4.69, 9.17) is 11.6 Å². The Morgan fingerprint density at radius 1 is 1.33 bits per heavy atom. The van der Waals surface area contributed by atoms with Gasteiger partial charge < -0.3 is 4.90 Å². The third-order valence-corrected chi connectivity index (χ3v) is 4.00. The van der Waals surface area contributed by atoms with Crippen molar-refractivity contribution in [2.75, 3.05) is 18.0 Å². The van der Waals surface area contributed by atoms with E-state index in [0.717, 1.165) is 0 Å². The molecule has 0 aliphatic carbocycles. The second-order valence-corrected chi connectivity index (χ2v) is 5.27. The molecule has 1 aliphatic rings. The summed E-state index contributed by atoms with van der Waals surface area (Å²) in [7, 11) is 0. The number of hydrogen-bond acceptors (Lipinski definition) is 3. The molecule has 0 aromatic heterocycles. The molecule has 0 N–H and O–H groups in total. The van der Waals surface area contributed by atoms with E-state index in [1.54, 1.807) is 6.07 Å². The minimum Gasteiger partial charge on any atom is -0.371 e. The normalized spacial score (nSPS) is 17.0. The molecule has 116 valence electrons. The van der Waals surface area contributed by atoms with Gasteiger partial charge in [0.25, 0.3) is 5.69 Å². The fourth-order valence-electron chi connectivity index (χ4n) is 2.55. The number of piperidine rings is 1. The number of non-ortho nitro benzene ring substituents is 1. The number of nitro benzene ring substituents is 1. The van der Waals surface area contributed by atoms with E-state index in [-0.39, 0.29) is 37.5 Å². The van der Waals surface area contributed by atoms with Crippen LogP contribution in [0.5, 0.6) is 0 Å². The van der Waals surface area contributed by atoms with Gasteiger partial charge in [-0.1, -0.05) is 0 Å². The summed E-state index contributed by atoms with van der Waals surface area (Å²) in [5.41, 5.74) is 1.17. The Kier molecular flexibility index (Phi) is 4.61. The summed E-state index contributed by atoms with van der Waals surface area (Å²) in [6, 6.07) is 4.28. The maximum absolute atomic E-state index is 12.6. The van der Waals surface area contributed by atoms with E-state index in [2.05, 4.69) is 0 Å². The predicted octanol–water partition coefficient (Wildman–Crippen LogP) is 4.11. The molecule has 0 atom stereocenters. The molecule has 1 aliphatic heterocycles. The number of anilines is 1. The van der Waals surface area contributed by atoms with Gasteiger partial charge in [0, 0.05) is 36.8 Å². The lowest BCUT2D eigenvalue weighted by Gasteiger charge is -2.35. The third-order valence-electron chi connectivity index (χ3n) is 3.72. The lowest BCUT2D eigenvalue weighted by Crippen LogP contribution is -2.39. The van der Waals surface area contributed by atoms with E-state index in [1.807, 2.05) is 4.90 Å². The summed E-state index contributed by atoms with van der Waals surface area (Å²) >= 11 is 5.80. The fraction of sp³-hybridized carbons (Fsp3) is 0.538. The molecule has 0 radical (unpaired) electrons. The lowest BCUT2D eigenvalue weighted by atomic mass is 9.95. The van der Waals surface area contributed by atoms with Gasteiger partial charge in [-0.15, -0.1) is 11.6 Å². The Bertz CT molecular complexity index is 529. The van der Waals surface area contributed by atoms with E-state index in [1.165, 1.54) is 12.1 Å². The van der Waals surface area contributed by atoms with Crippen LogP contribution in [0.1, 0.15) is 18.4 Å². The van der Waals surface area contributed by atoms with Crippen molar-refractivity contribution in [3.63, 3.8) is 0 Å². The maximum Gasteiger partial charge on any atom is 0.391 e. The van der Waals surface area contributed by atoms with Gasteiger partial charge in [0.2, 0.25) is 0 Å². The molecule has 21 heavy (non-hydrogen) atoms. The van der Waals surface area contributed by atoms with Gasteiger partial charge in [-0.05, 0) is 24.5 Å². The molecular weight excluding hydrogens is 309 g/mol. The number of nitro groups is 1. The van der Waals surface area contributed by atoms with E-state index in [9.17, 15) is 23.3 Å². The number of nitrogens with zero attached hydrogens (tertiary/aromatic N) is 2. The van der Waals surface area contributed by atoms with Crippen molar-refractivity contribution >= 4 is 23.0 Å². The number of rotatable bonds is 3. The standard InChI is InChI=1S/C13H14ClF3N2O2/c14-8-9-7-11(19(20)21)1-2-12(9)18-5-3-10(4-6-18)13(15,16)17/h1-2,7,10H,3-6,8H2. The average molecular weight is 323 g/mol. The first-order valence-corrected chi connectivity index (χ1v) is 7.01. The summed E-state index contributed by atoms with van der Waals surface area (Å²) in [6.07, 6.45) is -4.10. The minimum atomic E-state index is -4.16. The highest BCUT2D eigenvalue weighted by molar-refractivity contribution is 6.17. The molecule has 0 saturated carbocycles. The zero-order valence-electron chi connectivity index (χ0n) is 11.1. The molecule has 1 aromatic carbocycles. The van der Waals surface area contributed by atoms with Crippen LogP contribution in [0.2, 0.25) is 0 Å². The van der Waals surface area contributed by atoms with Crippen LogP contribution >= 0.6 is 11.6 Å². The van der Waals surface area contributed by atoms with E-state index < -0.39 is 17.0 Å². The van der Waals surface area contributed by atoms with Gasteiger partial charge in [0.05, 0.1) is 10.8 Å². The van der Waals surface area contributed by atoms with Gasteiger partial charge in [-0.25, -0.2) is 0 Å². The van der Waals surface area contributed by atoms with E-state index >= 15 is 0 Å². The van der Waals surface area contributed by atoms with Crippen molar-refractivity contribution in [3.05, 3.63) is 33.9 Å². The molecule has 0 unspecified atom stereocenters. The lowest BCUT2D eigenvalue weighted by molar-refractivity contribution is -0.384. The van der Waals surface area contributed by atoms with Crippen LogP contribution < -0.4 is 4.90 Å². The molecule has 0 amide bonds. The average Bonchev–Trinajstić information content (AvgIpc) is 2.45. The molecular formula is C13H14ClF3N2O2. The molecule has 1 aromatic rings. The van der Waals surface area contributed by atoms with Gasteiger partial charge >= 0.3 is 6.18 Å². The van der Waals surface area contributed by atoms with Crippen molar-refractivity contribution in [1.82, 2.24) is 0 Å². The van der Waals surface area contributed by atoms with Gasteiger partial charge in [-0.2, -0.15) is 13.2 Å². The highest BCUT2D eigenvalue weighted by atomic mass is 35.5. The quantitative estimate of drug-likeness (QED) is 0.478. The van der Waals surface area contributed by atoms with Gasteiger partial charge in [0.1, 0.15) is 0 Å². The molecule has 1 heterocycles. The zero-order chi connectivity index (χ0) is 15.6. The van der Waals surface area contributed by atoms with Crippen LogP contribution in [-0.4, -0.2) is 24.2 Å². The minimum absolute atomic E-state index is 0.0300. The van der Waals surface area contributed by atoms with Crippen molar-refractivity contribution < 1.29 is 18.1 Å². The Hall–Kier alpha value is -1.50. The van der Waals surface area contributed by atoms with Crippen LogP contribution in [0.25, 0.3) is 0 Å². The first-order valence-electron chi connectivity index (χ1n) is 6.48.